The van der Waals surface area contributed by atoms with E-state index in [9.17, 15) is 0 Å². The Balaban J connectivity index is 2.85. The number of benzene rings is 1. The largest absolute Gasteiger partial charge is 0.488 e. The second-order valence-corrected chi connectivity index (χ2v) is 3.25. The molecular formula is C10H13BO2. The molecule has 0 amide bonds. The molecule has 13 heavy (non-hydrogen) atoms. The van der Waals surface area contributed by atoms with E-state index in [-0.39, 0.29) is 0 Å². The molecule has 1 aromatic carbocycles. The molecule has 0 aliphatic rings. The summed E-state index contributed by atoms with van der Waals surface area (Å²) in [5.41, 5.74) is 2.64. The van der Waals surface area contributed by atoms with Gasteiger partial charge in [0.1, 0.15) is 0 Å². The van der Waals surface area contributed by atoms with Gasteiger partial charge in [-0.1, -0.05) is 36.4 Å². The molecule has 0 radical (unpaired) electrons. The van der Waals surface area contributed by atoms with Crippen LogP contribution in [0.3, 0.4) is 0 Å². The van der Waals surface area contributed by atoms with Crippen molar-refractivity contribution in [2.24, 2.45) is 0 Å². The SMILES string of the molecule is C=C(C)Cc1cccc(B(O)O)c1. The summed E-state index contributed by atoms with van der Waals surface area (Å²) < 4.78 is 0. The lowest BCUT2D eigenvalue weighted by Crippen LogP contribution is -2.29. The van der Waals surface area contributed by atoms with Crippen LogP contribution in [0.4, 0.5) is 0 Å². The summed E-state index contributed by atoms with van der Waals surface area (Å²) >= 11 is 0. The van der Waals surface area contributed by atoms with Crippen LogP contribution in [-0.2, 0) is 6.42 Å². The highest BCUT2D eigenvalue weighted by molar-refractivity contribution is 6.58. The summed E-state index contributed by atoms with van der Waals surface area (Å²) in [6.45, 7) is 5.75. The highest BCUT2D eigenvalue weighted by atomic mass is 16.4. The van der Waals surface area contributed by atoms with Crippen molar-refractivity contribution in [3.05, 3.63) is 42.0 Å². The second-order valence-electron chi connectivity index (χ2n) is 3.25. The Kier molecular flexibility index (Phi) is 3.28. The second kappa shape index (κ2) is 4.26. The standard InChI is InChI=1S/C10H13BO2/c1-8(2)6-9-4-3-5-10(7-9)11(12)13/h3-5,7,12-13H,1,6H2,2H3. The molecule has 0 heterocycles. The first-order valence-corrected chi connectivity index (χ1v) is 4.19. The van der Waals surface area contributed by atoms with E-state index < -0.39 is 7.12 Å². The molecule has 0 fully saturated rings. The molecule has 0 saturated heterocycles. The van der Waals surface area contributed by atoms with Gasteiger partial charge in [0, 0.05) is 0 Å². The van der Waals surface area contributed by atoms with Gasteiger partial charge in [0.15, 0.2) is 0 Å². The van der Waals surface area contributed by atoms with E-state index in [1.807, 2.05) is 19.1 Å². The Hall–Kier alpha value is -1.06. The molecule has 3 heteroatoms. The molecule has 0 aliphatic carbocycles. The number of rotatable bonds is 3. The van der Waals surface area contributed by atoms with Gasteiger partial charge < -0.3 is 10.0 Å². The predicted octanol–water partition coefficient (Wildman–Crippen LogP) is 0.485. The minimum Gasteiger partial charge on any atom is -0.423 e. The molecule has 1 rings (SSSR count). The van der Waals surface area contributed by atoms with Crippen LogP contribution in [0.5, 0.6) is 0 Å². The minimum atomic E-state index is -1.38. The third-order valence-corrected chi connectivity index (χ3v) is 1.76. The summed E-state index contributed by atoms with van der Waals surface area (Å²) in [6.07, 6.45) is 0.778. The van der Waals surface area contributed by atoms with Gasteiger partial charge in [-0.3, -0.25) is 0 Å². The van der Waals surface area contributed by atoms with Gasteiger partial charge >= 0.3 is 7.12 Å². The van der Waals surface area contributed by atoms with Crippen molar-refractivity contribution in [1.82, 2.24) is 0 Å². The van der Waals surface area contributed by atoms with Crippen molar-refractivity contribution in [3.63, 3.8) is 0 Å². The quantitative estimate of drug-likeness (QED) is 0.519. The van der Waals surface area contributed by atoms with Crippen molar-refractivity contribution in [3.8, 4) is 0 Å². The smallest absolute Gasteiger partial charge is 0.423 e. The van der Waals surface area contributed by atoms with Gasteiger partial charge in [-0.15, -0.1) is 0 Å². The molecule has 0 unspecified atom stereocenters. The maximum absolute atomic E-state index is 8.92. The van der Waals surface area contributed by atoms with Crippen LogP contribution >= 0.6 is 0 Å². The minimum absolute atomic E-state index is 0.527. The fraction of sp³-hybridized carbons (Fsp3) is 0.200. The molecule has 68 valence electrons. The van der Waals surface area contributed by atoms with Crippen LogP contribution in [0.2, 0.25) is 0 Å². The zero-order valence-corrected chi connectivity index (χ0v) is 7.70. The highest BCUT2D eigenvalue weighted by Crippen LogP contribution is 2.03. The third-order valence-electron chi connectivity index (χ3n) is 1.76. The summed E-state index contributed by atoms with van der Waals surface area (Å²) in [5.74, 6) is 0. The molecular weight excluding hydrogens is 163 g/mol. The van der Waals surface area contributed by atoms with Crippen molar-refractivity contribution in [1.29, 1.82) is 0 Å². The Labute approximate surface area is 78.7 Å². The number of hydrogen-bond acceptors (Lipinski definition) is 2. The average molecular weight is 176 g/mol. The van der Waals surface area contributed by atoms with Gasteiger partial charge in [-0.25, -0.2) is 0 Å². The van der Waals surface area contributed by atoms with Crippen molar-refractivity contribution >= 4 is 12.6 Å². The summed E-state index contributed by atoms with van der Waals surface area (Å²) in [4.78, 5) is 0. The van der Waals surface area contributed by atoms with E-state index in [2.05, 4.69) is 6.58 Å². The van der Waals surface area contributed by atoms with Crippen molar-refractivity contribution in [2.75, 3.05) is 0 Å². The molecule has 0 atom stereocenters. The van der Waals surface area contributed by atoms with Crippen LogP contribution < -0.4 is 5.46 Å². The van der Waals surface area contributed by atoms with Crippen molar-refractivity contribution in [2.45, 2.75) is 13.3 Å². The van der Waals surface area contributed by atoms with Crippen LogP contribution in [0.1, 0.15) is 12.5 Å². The lowest BCUT2D eigenvalue weighted by Gasteiger charge is -2.03. The predicted molar refractivity (Wildman–Crippen MR) is 54.8 cm³/mol. The van der Waals surface area contributed by atoms with E-state index >= 15 is 0 Å². The Bertz CT molecular complexity index is 308. The van der Waals surface area contributed by atoms with E-state index in [4.69, 9.17) is 10.0 Å². The normalized spacial score (nSPS) is 9.77. The van der Waals surface area contributed by atoms with E-state index in [1.165, 1.54) is 0 Å². The Morgan fingerprint density at radius 2 is 2.15 bits per heavy atom. The zero-order valence-electron chi connectivity index (χ0n) is 7.70. The summed E-state index contributed by atoms with van der Waals surface area (Å²) in [6, 6.07) is 7.22. The maximum Gasteiger partial charge on any atom is 0.488 e. The van der Waals surface area contributed by atoms with Crippen LogP contribution in [0.25, 0.3) is 0 Å². The first-order valence-electron chi connectivity index (χ1n) is 4.19. The Morgan fingerprint density at radius 3 is 2.69 bits per heavy atom. The summed E-state index contributed by atoms with van der Waals surface area (Å²) in [5, 5.41) is 17.8. The number of allylic oxidation sites excluding steroid dienone is 1. The lowest BCUT2D eigenvalue weighted by atomic mass is 9.79. The molecule has 2 nitrogen and oxygen atoms in total. The molecule has 0 aliphatic heterocycles. The lowest BCUT2D eigenvalue weighted by molar-refractivity contribution is 0.425. The monoisotopic (exact) mass is 176 g/mol. The van der Waals surface area contributed by atoms with E-state index in [0.29, 0.717) is 5.46 Å². The van der Waals surface area contributed by atoms with E-state index in [0.717, 1.165) is 17.6 Å². The average Bonchev–Trinajstić information content (AvgIpc) is 2.03. The molecule has 0 spiro atoms. The number of hydrogen-bond donors (Lipinski definition) is 2. The first-order chi connectivity index (χ1) is 6.09. The Morgan fingerprint density at radius 1 is 1.46 bits per heavy atom. The fourth-order valence-electron chi connectivity index (χ4n) is 1.21. The molecule has 1 aromatic rings. The maximum atomic E-state index is 8.92. The summed E-state index contributed by atoms with van der Waals surface area (Å²) in [7, 11) is -1.38. The van der Waals surface area contributed by atoms with Crippen LogP contribution in [0, 0.1) is 0 Å². The zero-order chi connectivity index (χ0) is 9.84. The van der Waals surface area contributed by atoms with Crippen LogP contribution in [0.15, 0.2) is 36.4 Å². The molecule has 0 aromatic heterocycles. The van der Waals surface area contributed by atoms with Gasteiger partial charge in [-0.05, 0) is 24.4 Å². The molecule has 2 N–H and O–H groups in total. The van der Waals surface area contributed by atoms with Crippen LogP contribution in [-0.4, -0.2) is 17.2 Å². The van der Waals surface area contributed by atoms with E-state index in [1.54, 1.807) is 12.1 Å². The first kappa shape index (κ1) is 10.0. The third kappa shape index (κ3) is 3.05. The highest BCUT2D eigenvalue weighted by Gasteiger charge is 2.10. The molecule has 0 saturated carbocycles. The molecule has 0 bridgehead atoms. The van der Waals surface area contributed by atoms with Crippen molar-refractivity contribution < 1.29 is 10.0 Å². The van der Waals surface area contributed by atoms with Gasteiger partial charge in [0.25, 0.3) is 0 Å². The van der Waals surface area contributed by atoms with Gasteiger partial charge in [-0.2, -0.15) is 0 Å². The topological polar surface area (TPSA) is 40.5 Å². The van der Waals surface area contributed by atoms with Gasteiger partial charge in [0.2, 0.25) is 0 Å². The van der Waals surface area contributed by atoms with Gasteiger partial charge in [0.05, 0.1) is 0 Å². The fourth-order valence-corrected chi connectivity index (χ4v) is 1.21.